The average Bonchev–Trinajstić information content (AvgIpc) is 2.62. The zero-order valence-electron chi connectivity index (χ0n) is 12.7. The van der Waals surface area contributed by atoms with E-state index in [4.69, 9.17) is 0 Å². The Morgan fingerprint density at radius 1 is 1.29 bits per heavy atom. The number of amidine groups is 1. The molecular formula is C16H14N6O2. The molecule has 0 unspecified atom stereocenters. The van der Waals surface area contributed by atoms with Crippen LogP contribution >= 0.6 is 0 Å². The van der Waals surface area contributed by atoms with E-state index >= 15 is 0 Å². The maximum atomic E-state index is 11.2. The number of pyridine rings is 1. The van der Waals surface area contributed by atoms with Gasteiger partial charge in [-0.25, -0.2) is 0 Å². The largest absolute Gasteiger partial charge is 0.378 e. The maximum absolute atomic E-state index is 11.2. The van der Waals surface area contributed by atoms with Crippen LogP contribution in [0, 0.1) is 21.4 Å². The third-order valence-corrected chi connectivity index (χ3v) is 3.58. The summed E-state index contributed by atoms with van der Waals surface area (Å²) in [4.78, 5) is 16.7. The number of anilines is 1. The Morgan fingerprint density at radius 2 is 2.12 bits per heavy atom. The molecule has 0 N–H and O–H groups in total. The van der Waals surface area contributed by atoms with E-state index in [0.717, 1.165) is 5.56 Å². The SMILES string of the molecule is N#Cc1ccccc1N1CN(Cc2cccnc2)CC([N+](=O)[O-])=N1. The molecule has 1 aliphatic heterocycles. The van der Waals surface area contributed by atoms with Gasteiger partial charge in [0.25, 0.3) is 0 Å². The Kier molecular flexibility index (Phi) is 4.45. The van der Waals surface area contributed by atoms with Gasteiger partial charge in [0.2, 0.25) is 0 Å². The maximum Gasteiger partial charge on any atom is 0.378 e. The van der Waals surface area contributed by atoms with Gasteiger partial charge in [-0.05, 0) is 28.7 Å². The second-order valence-electron chi connectivity index (χ2n) is 5.29. The van der Waals surface area contributed by atoms with Crippen molar-refractivity contribution in [3.05, 3.63) is 70.0 Å². The highest BCUT2D eigenvalue weighted by molar-refractivity contribution is 5.79. The molecule has 2 heterocycles. The van der Waals surface area contributed by atoms with Crippen molar-refractivity contribution in [3.63, 3.8) is 0 Å². The molecule has 8 heteroatoms. The van der Waals surface area contributed by atoms with E-state index in [1.54, 1.807) is 36.7 Å². The number of rotatable bonds is 3. The molecule has 0 atom stereocenters. The minimum absolute atomic E-state index is 0.132. The zero-order valence-corrected chi connectivity index (χ0v) is 12.7. The van der Waals surface area contributed by atoms with Gasteiger partial charge in [-0.1, -0.05) is 18.2 Å². The van der Waals surface area contributed by atoms with Gasteiger partial charge in [0.15, 0.2) is 0 Å². The predicted octanol–water partition coefficient (Wildman–Crippen LogP) is 1.82. The first-order chi connectivity index (χ1) is 11.7. The second kappa shape index (κ2) is 6.85. The van der Waals surface area contributed by atoms with Crippen molar-refractivity contribution in [3.8, 4) is 6.07 Å². The quantitative estimate of drug-likeness (QED) is 0.631. The topological polar surface area (TPSA) is 98.7 Å². The van der Waals surface area contributed by atoms with E-state index in [2.05, 4.69) is 16.2 Å². The number of nitriles is 1. The second-order valence-corrected chi connectivity index (χ2v) is 5.29. The van der Waals surface area contributed by atoms with E-state index in [1.807, 2.05) is 17.0 Å². The molecule has 2 aromatic rings. The first-order valence-electron chi connectivity index (χ1n) is 7.27. The number of hydrazone groups is 1. The molecule has 0 saturated carbocycles. The Morgan fingerprint density at radius 3 is 2.83 bits per heavy atom. The van der Waals surface area contributed by atoms with Crippen molar-refractivity contribution in [2.75, 3.05) is 18.2 Å². The molecule has 0 amide bonds. The van der Waals surface area contributed by atoms with Crippen molar-refractivity contribution >= 4 is 11.5 Å². The fourth-order valence-electron chi connectivity index (χ4n) is 2.52. The Balaban J connectivity index is 1.90. The van der Waals surface area contributed by atoms with Crippen LogP contribution < -0.4 is 5.01 Å². The monoisotopic (exact) mass is 322 g/mol. The van der Waals surface area contributed by atoms with Crippen LogP contribution in [0.25, 0.3) is 0 Å². The fourth-order valence-corrected chi connectivity index (χ4v) is 2.52. The van der Waals surface area contributed by atoms with Gasteiger partial charge in [0, 0.05) is 18.9 Å². The molecule has 8 nitrogen and oxygen atoms in total. The van der Waals surface area contributed by atoms with Gasteiger partial charge in [-0.3, -0.25) is 9.88 Å². The normalized spacial score (nSPS) is 14.8. The lowest BCUT2D eigenvalue weighted by Gasteiger charge is -2.28. The predicted molar refractivity (Wildman–Crippen MR) is 87.6 cm³/mol. The van der Waals surface area contributed by atoms with E-state index < -0.39 is 4.92 Å². The van der Waals surface area contributed by atoms with Crippen LogP contribution in [0.1, 0.15) is 11.1 Å². The van der Waals surface area contributed by atoms with Gasteiger partial charge in [0.05, 0.1) is 10.7 Å². The number of benzene rings is 1. The Hall–Kier alpha value is -3.31. The molecule has 0 fully saturated rings. The van der Waals surface area contributed by atoms with Gasteiger partial charge in [-0.2, -0.15) is 10.3 Å². The van der Waals surface area contributed by atoms with Crippen molar-refractivity contribution in [2.24, 2.45) is 5.10 Å². The van der Waals surface area contributed by atoms with Gasteiger partial charge < -0.3 is 10.1 Å². The van der Waals surface area contributed by atoms with Crippen LogP contribution in [0.2, 0.25) is 0 Å². The number of nitrogens with zero attached hydrogens (tertiary/aromatic N) is 6. The van der Waals surface area contributed by atoms with Crippen molar-refractivity contribution in [2.45, 2.75) is 6.54 Å². The number of aromatic nitrogens is 1. The highest BCUT2D eigenvalue weighted by Crippen LogP contribution is 2.23. The van der Waals surface area contributed by atoms with Crippen LogP contribution in [0.15, 0.2) is 53.9 Å². The highest BCUT2D eigenvalue weighted by atomic mass is 16.6. The average molecular weight is 322 g/mol. The van der Waals surface area contributed by atoms with Gasteiger partial charge >= 0.3 is 5.84 Å². The van der Waals surface area contributed by atoms with Gasteiger partial charge in [0.1, 0.15) is 25.0 Å². The first kappa shape index (κ1) is 15.6. The molecule has 3 rings (SSSR count). The van der Waals surface area contributed by atoms with Crippen LogP contribution in [0.5, 0.6) is 0 Å². The molecule has 24 heavy (non-hydrogen) atoms. The van der Waals surface area contributed by atoms with E-state index in [1.165, 1.54) is 5.01 Å². The smallest absolute Gasteiger partial charge is 0.358 e. The lowest BCUT2D eigenvalue weighted by atomic mass is 10.2. The number of hydrogen-bond acceptors (Lipinski definition) is 7. The summed E-state index contributed by atoms with van der Waals surface area (Å²) in [6.45, 7) is 0.990. The molecule has 0 aliphatic carbocycles. The molecule has 0 saturated heterocycles. The molecule has 120 valence electrons. The summed E-state index contributed by atoms with van der Waals surface area (Å²) in [5.41, 5.74) is 1.93. The fraction of sp³-hybridized carbons (Fsp3) is 0.188. The molecule has 1 aromatic carbocycles. The van der Waals surface area contributed by atoms with Gasteiger partial charge in [-0.15, -0.1) is 0 Å². The van der Waals surface area contributed by atoms with Crippen LogP contribution in [0.4, 0.5) is 5.69 Å². The molecule has 1 aromatic heterocycles. The van der Waals surface area contributed by atoms with Crippen molar-refractivity contribution < 1.29 is 4.92 Å². The lowest BCUT2D eigenvalue weighted by molar-refractivity contribution is -0.354. The third kappa shape index (κ3) is 3.37. The van der Waals surface area contributed by atoms with Crippen LogP contribution in [0.3, 0.4) is 0 Å². The first-order valence-corrected chi connectivity index (χ1v) is 7.27. The minimum atomic E-state index is -0.489. The third-order valence-electron chi connectivity index (χ3n) is 3.58. The lowest BCUT2D eigenvalue weighted by Crippen LogP contribution is -2.46. The standard InChI is InChI=1S/C16H14N6O2/c17-8-14-5-1-2-6-15(14)21-12-20(11-16(19-21)22(23)24)10-13-4-3-7-18-9-13/h1-7,9H,10-12H2. The summed E-state index contributed by atoms with van der Waals surface area (Å²) in [5.74, 6) is -0.155. The number of para-hydroxylation sites is 1. The summed E-state index contributed by atoms with van der Waals surface area (Å²) >= 11 is 0. The van der Waals surface area contributed by atoms with Crippen molar-refractivity contribution in [1.82, 2.24) is 9.88 Å². The highest BCUT2D eigenvalue weighted by Gasteiger charge is 2.30. The van der Waals surface area contributed by atoms with Crippen molar-refractivity contribution in [1.29, 1.82) is 5.26 Å². The zero-order chi connectivity index (χ0) is 16.9. The Bertz CT molecular complexity index is 815. The van der Waals surface area contributed by atoms with E-state index in [9.17, 15) is 15.4 Å². The Labute approximate surface area is 138 Å². The summed E-state index contributed by atoms with van der Waals surface area (Å²) in [6, 6.07) is 12.7. The molecule has 0 bridgehead atoms. The number of hydrogen-bond donors (Lipinski definition) is 0. The van der Waals surface area contributed by atoms with Crippen LogP contribution in [-0.4, -0.2) is 33.9 Å². The molecule has 1 aliphatic rings. The summed E-state index contributed by atoms with van der Waals surface area (Å²) in [5, 5.41) is 26.1. The summed E-state index contributed by atoms with van der Waals surface area (Å²) in [6.07, 6.45) is 3.41. The number of nitro groups is 1. The molecular weight excluding hydrogens is 308 g/mol. The molecule has 0 spiro atoms. The van der Waals surface area contributed by atoms with E-state index in [0.29, 0.717) is 24.5 Å². The summed E-state index contributed by atoms with van der Waals surface area (Å²) < 4.78 is 0. The summed E-state index contributed by atoms with van der Waals surface area (Å²) in [7, 11) is 0. The van der Waals surface area contributed by atoms with E-state index in [-0.39, 0.29) is 12.4 Å². The molecule has 0 radical (unpaired) electrons. The minimum Gasteiger partial charge on any atom is -0.358 e. The van der Waals surface area contributed by atoms with Crippen LogP contribution in [-0.2, 0) is 6.54 Å².